The Bertz CT molecular complexity index is 792. The van der Waals surface area contributed by atoms with Crippen molar-refractivity contribution in [3.8, 4) is 11.5 Å². The van der Waals surface area contributed by atoms with Gasteiger partial charge < -0.3 is 9.47 Å². The van der Waals surface area contributed by atoms with Crippen LogP contribution >= 0.6 is 0 Å². The van der Waals surface area contributed by atoms with Gasteiger partial charge in [-0.05, 0) is 62.6 Å². The van der Waals surface area contributed by atoms with Crippen LogP contribution in [0.4, 0.5) is 0 Å². The van der Waals surface area contributed by atoms with Crippen LogP contribution in [0.2, 0.25) is 0 Å². The van der Waals surface area contributed by atoms with Crippen LogP contribution in [-0.4, -0.2) is 37.5 Å². The fourth-order valence-corrected chi connectivity index (χ4v) is 5.55. The minimum Gasteiger partial charge on any atom is -0.493 e. The van der Waals surface area contributed by atoms with E-state index in [4.69, 9.17) is 9.47 Å². The molecule has 1 heterocycles. The van der Waals surface area contributed by atoms with Crippen molar-refractivity contribution in [2.75, 3.05) is 20.8 Å². The number of benzene rings is 1. The summed E-state index contributed by atoms with van der Waals surface area (Å²) < 4.78 is 10.6. The number of fused-ring (bicyclic) bond motifs is 5. The summed E-state index contributed by atoms with van der Waals surface area (Å²) in [6.07, 6.45) is 2.73. The Labute approximate surface area is 160 Å². The molecule has 3 aliphatic rings. The van der Waals surface area contributed by atoms with Gasteiger partial charge in [-0.15, -0.1) is 0 Å². The third-order valence-corrected chi connectivity index (χ3v) is 6.59. The van der Waals surface area contributed by atoms with Gasteiger partial charge in [-0.3, -0.25) is 14.5 Å². The molecule has 2 bridgehead atoms. The van der Waals surface area contributed by atoms with E-state index < -0.39 is 0 Å². The first kappa shape index (κ1) is 18.1. The number of amides is 2. The number of hydrogen-bond acceptors (Lipinski definition) is 4. The van der Waals surface area contributed by atoms with E-state index in [0.717, 1.165) is 18.4 Å². The molecule has 4 rings (SSSR count). The highest BCUT2D eigenvalue weighted by Crippen LogP contribution is 2.60. The van der Waals surface area contributed by atoms with Crippen molar-refractivity contribution >= 4 is 11.8 Å². The number of imide groups is 1. The lowest BCUT2D eigenvalue weighted by Gasteiger charge is -2.19. The molecule has 0 N–H and O–H groups in total. The summed E-state index contributed by atoms with van der Waals surface area (Å²) in [6.45, 7) is 4.67. The Kier molecular flexibility index (Phi) is 4.49. The maximum absolute atomic E-state index is 13.0. The summed E-state index contributed by atoms with van der Waals surface area (Å²) >= 11 is 0. The molecule has 5 heteroatoms. The van der Waals surface area contributed by atoms with Crippen LogP contribution in [0.15, 0.2) is 29.3 Å². The second-order valence-corrected chi connectivity index (χ2v) is 8.06. The predicted molar refractivity (Wildman–Crippen MR) is 102 cm³/mol. The Morgan fingerprint density at radius 1 is 1.00 bits per heavy atom. The molecule has 5 nitrogen and oxygen atoms in total. The fourth-order valence-electron chi connectivity index (χ4n) is 5.55. The van der Waals surface area contributed by atoms with E-state index in [2.05, 4.69) is 13.8 Å². The van der Waals surface area contributed by atoms with E-state index in [1.807, 2.05) is 18.2 Å². The smallest absolute Gasteiger partial charge is 0.233 e. The van der Waals surface area contributed by atoms with E-state index in [1.165, 1.54) is 16.0 Å². The summed E-state index contributed by atoms with van der Waals surface area (Å²) in [7, 11) is 3.21. The highest BCUT2D eigenvalue weighted by molar-refractivity contribution is 6.06. The van der Waals surface area contributed by atoms with Gasteiger partial charge in [-0.1, -0.05) is 17.2 Å². The van der Waals surface area contributed by atoms with Crippen LogP contribution < -0.4 is 9.47 Å². The summed E-state index contributed by atoms with van der Waals surface area (Å²) in [5, 5.41) is 0. The van der Waals surface area contributed by atoms with Crippen molar-refractivity contribution in [1.82, 2.24) is 4.90 Å². The molecule has 1 saturated heterocycles. The molecule has 1 aliphatic heterocycles. The van der Waals surface area contributed by atoms with Gasteiger partial charge >= 0.3 is 0 Å². The number of rotatable bonds is 5. The standard InChI is InChI=1S/C22H27NO4/c1-12(2)18-14-6-7-15(18)20-19(14)21(24)23(22(20)25)10-9-13-5-8-16(26-3)17(11-13)27-4/h5,8,11,14-15,19-20H,6-7,9-10H2,1-4H3/t14-,15+,19-,20+. The largest absolute Gasteiger partial charge is 0.493 e. The average Bonchev–Trinajstić information content (AvgIpc) is 3.30. The predicted octanol–water partition coefficient (Wildman–Crippen LogP) is 3.22. The molecule has 0 spiro atoms. The van der Waals surface area contributed by atoms with Crippen LogP contribution in [0, 0.1) is 23.7 Å². The molecule has 0 radical (unpaired) electrons. The van der Waals surface area contributed by atoms with Crippen molar-refractivity contribution < 1.29 is 19.1 Å². The molecule has 144 valence electrons. The van der Waals surface area contributed by atoms with E-state index in [0.29, 0.717) is 24.5 Å². The van der Waals surface area contributed by atoms with Crippen molar-refractivity contribution in [3.63, 3.8) is 0 Å². The maximum atomic E-state index is 13.0. The van der Waals surface area contributed by atoms with Gasteiger partial charge in [0, 0.05) is 6.54 Å². The number of nitrogens with zero attached hydrogens (tertiary/aromatic N) is 1. The number of allylic oxidation sites excluding steroid dienone is 2. The minimum absolute atomic E-state index is 0.0384. The van der Waals surface area contributed by atoms with Gasteiger partial charge in [-0.2, -0.15) is 0 Å². The highest BCUT2D eigenvalue weighted by Gasteiger charge is 2.63. The Morgan fingerprint density at radius 2 is 1.59 bits per heavy atom. The molecule has 1 aromatic carbocycles. The lowest BCUT2D eigenvalue weighted by molar-refractivity contribution is -0.140. The average molecular weight is 369 g/mol. The van der Waals surface area contributed by atoms with Gasteiger partial charge in [0.2, 0.25) is 11.8 Å². The van der Waals surface area contributed by atoms with Crippen molar-refractivity contribution in [3.05, 3.63) is 34.9 Å². The third kappa shape index (κ3) is 2.67. The minimum atomic E-state index is -0.119. The number of likely N-dealkylation sites (tertiary alicyclic amines) is 1. The summed E-state index contributed by atoms with van der Waals surface area (Å²) in [4.78, 5) is 27.6. The molecule has 2 saturated carbocycles. The van der Waals surface area contributed by atoms with Crippen LogP contribution in [0.25, 0.3) is 0 Å². The molecule has 2 amide bonds. The van der Waals surface area contributed by atoms with Crippen LogP contribution in [0.5, 0.6) is 11.5 Å². The molecule has 0 unspecified atom stereocenters. The molecule has 2 aliphatic carbocycles. The maximum Gasteiger partial charge on any atom is 0.233 e. The zero-order valence-corrected chi connectivity index (χ0v) is 16.5. The van der Waals surface area contributed by atoms with Crippen molar-refractivity contribution in [2.24, 2.45) is 23.7 Å². The van der Waals surface area contributed by atoms with Gasteiger partial charge in [-0.25, -0.2) is 0 Å². The van der Waals surface area contributed by atoms with Crippen LogP contribution in [0.1, 0.15) is 32.3 Å². The first-order valence-electron chi connectivity index (χ1n) is 9.71. The molecule has 3 fully saturated rings. The number of carbonyl (C=O) groups is 2. The molecule has 0 aromatic heterocycles. The lowest BCUT2D eigenvalue weighted by atomic mass is 9.81. The first-order chi connectivity index (χ1) is 13.0. The molecular formula is C22H27NO4. The Hall–Kier alpha value is -2.30. The third-order valence-electron chi connectivity index (χ3n) is 6.59. The number of hydrogen-bond donors (Lipinski definition) is 0. The summed E-state index contributed by atoms with van der Waals surface area (Å²) in [6, 6.07) is 5.73. The Balaban J connectivity index is 1.50. The second-order valence-electron chi connectivity index (χ2n) is 8.06. The summed E-state index contributed by atoms with van der Waals surface area (Å²) in [5.41, 5.74) is 3.72. The molecule has 4 atom stereocenters. The van der Waals surface area contributed by atoms with E-state index in [1.54, 1.807) is 14.2 Å². The SMILES string of the molecule is COc1ccc(CCN2C(=O)[C@@H]3[C@H](C2=O)[C@@H]2CC[C@H]3C2=C(C)C)cc1OC. The van der Waals surface area contributed by atoms with E-state index in [9.17, 15) is 9.59 Å². The van der Waals surface area contributed by atoms with Gasteiger partial charge in [0.25, 0.3) is 0 Å². The van der Waals surface area contributed by atoms with Crippen molar-refractivity contribution in [1.29, 1.82) is 0 Å². The van der Waals surface area contributed by atoms with Gasteiger partial charge in [0.05, 0.1) is 26.1 Å². The lowest BCUT2D eigenvalue weighted by Crippen LogP contribution is -2.35. The van der Waals surface area contributed by atoms with E-state index in [-0.39, 0.29) is 35.5 Å². The molecular weight excluding hydrogens is 342 g/mol. The van der Waals surface area contributed by atoms with Gasteiger partial charge in [0.1, 0.15) is 0 Å². The van der Waals surface area contributed by atoms with E-state index >= 15 is 0 Å². The van der Waals surface area contributed by atoms with Crippen LogP contribution in [0.3, 0.4) is 0 Å². The topological polar surface area (TPSA) is 55.8 Å². The first-order valence-corrected chi connectivity index (χ1v) is 9.71. The number of methoxy groups -OCH3 is 2. The molecule has 1 aromatic rings. The highest BCUT2D eigenvalue weighted by atomic mass is 16.5. The normalized spacial score (nSPS) is 28.7. The fraction of sp³-hybridized carbons (Fsp3) is 0.545. The number of ether oxygens (including phenoxy) is 2. The van der Waals surface area contributed by atoms with Crippen molar-refractivity contribution in [2.45, 2.75) is 33.1 Å². The molecule has 27 heavy (non-hydrogen) atoms. The second kappa shape index (κ2) is 6.70. The zero-order valence-electron chi connectivity index (χ0n) is 16.5. The monoisotopic (exact) mass is 369 g/mol. The van der Waals surface area contributed by atoms with Gasteiger partial charge in [0.15, 0.2) is 11.5 Å². The quantitative estimate of drug-likeness (QED) is 0.591. The van der Waals surface area contributed by atoms with Crippen LogP contribution in [-0.2, 0) is 16.0 Å². The zero-order chi connectivity index (χ0) is 19.3. The Morgan fingerprint density at radius 3 is 2.11 bits per heavy atom. The summed E-state index contributed by atoms with van der Waals surface area (Å²) in [5.74, 6) is 1.75. The number of carbonyl (C=O) groups excluding carboxylic acids is 2.